The van der Waals surface area contributed by atoms with Gasteiger partial charge in [0, 0.05) is 11.8 Å². The van der Waals surface area contributed by atoms with Crippen molar-refractivity contribution < 1.29 is 19.0 Å². The topological polar surface area (TPSA) is 62.1 Å². The summed E-state index contributed by atoms with van der Waals surface area (Å²) in [5.74, 6) is 0.965. The molecule has 6 nitrogen and oxygen atoms in total. The number of methoxy groups -OCH3 is 2. The minimum atomic E-state index is -0.298. The molecule has 0 saturated carbocycles. The molecule has 0 radical (unpaired) electrons. The van der Waals surface area contributed by atoms with Crippen molar-refractivity contribution in [1.29, 1.82) is 0 Å². The zero-order valence-corrected chi connectivity index (χ0v) is 14.5. The van der Waals surface area contributed by atoms with Gasteiger partial charge in [-0.05, 0) is 37.3 Å². The number of ether oxygens (including phenoxy) is 3. The number of rotatable bonds is 6. The number of nitrogens with zero attached hydrogens (tertiary/aromatic N) is 2. The molecule has 130 valence electrons. The minimum absolute atomic E-state index is 0.110. The SMILES string of the molecule is CCOC(=O)Cc1nc2ccccn2c1-c1ccc(OC)c(OC)c1. The second-order valence-electron chi connectivity index (χ2n) is 5.39. The van der Waals surface area contributed by atoms with E-state index in [2.05, 4.69) is 4.98 Å². The van der Waals surface area contributed by atoms with Crippen molar-refractivity contribution in [2.75, 3.05) is 20.8 Å². The van der Waals surface area contributed by atoms with E-state index in [1.54, 1.807) is 21.1 Å². The minimum Gasteiger partial charge on any atom is -0.493 e. The summed E-state index contributed by atoms with van der Waals surface area (Å²) >= 11 is 0. The van der Waals surface area contributed by atoms with Gasteiger partial charge >= 0.3 is 5.97 Å². The van der Waals surface area contributed by atoms with E-state index < -0.39 is 0 Å². The summed E-state index contributed by atoms with van der Waals surface area (Å²) in [5, 5.41) is 0. The maximum absolute atomic E-state index is 12.0. The Hall–Kier alpha value is -3.02. The van der Waals surface area contributed by atoms with E-state index in [4.69, 9.17) is 14.2 Å². The van der Waals surface area contributed by atoms with Gasteiger partial charge in [-0.15, -0.1) is 0 Å². The number of carbonyl (C=O) groups excluding carboxylic acids is 1. The Morgan fingerprint density at radius 3 is 2.64 bits per heavy atom. The summed E-state index contributed by atoms with van der Waals surface area (Å²) in [7, 11) is 3.19. The maximum Gasteiger partial charge on any atom is 0.311 e. The second-order valence-corrected chi connectivity index (χ2v) is 5.39. The zero-order chi connectivity index (χ0) is 17.8. The summed E-state index contributed by atoms with van der Waals surface area (Å²) in [6, 6.07) is 11.4. The van der Waals surface area contributed by atoms with Gasteiger partial charge in [-0.25, -0.2) is 4.98 Å². The van der Waals surface area contributed by atoms with Crippen molar-refractivity contribution in [3.05, 3.63) is 48.3 Å². The van der Waals surface area contributed by atoms with Crippen LogP contribution in [0.4, 0.5) is 0 Å². The molecule has 0 unspecified atom stereocenters. The predicted octanol–water partition coefficient (Wildman–Crippen LogP) is 3.12. The van der Waals surface area contributed by atoms with Crippen LogP contribution in [0.5, 0.6) is 11.5 Å². The zero-order valence-electron chi connectivity index (χ0n) is 14.5. The average molecular weight is 340 g/mol. The molecule has 0 aliphatic rings. The monoisotopic (exact) mass is 340 g/mol. The Morgan fingerprint density at radius 2 is 1.92 bits per heavy atom. The highest BCUT2D eigenvalue weighted by Gasteiger charge is 2.18. The first-order valence-corrected chi connectivity index (χ1v) is 8.02. The second kappa shape index (κ2) is 7.25. The molecular formula is C19H20N2O4. The van der Waals surface area contributed by atoms with Gasteiger partial charge in [0.25, 0.3) is 0 Å². The van der Waals surface area contributed by atoms with Crippen LogP contribution in [0.3, 0.4) is 0 Å². The number of esters is 1. The molecule has 2 aromatic heterocycles. The first kappa shape index (κ1) is 16.8. The first-order chi connectivity index (χ1) is 12.2. The predicted molar refractivity (Wildman–Crippen MR) is 94.1 cm³/mol. The van der Waals surface area contributed by atoms with Crippen LogP contribution >= 0.6 is 0 Å². The molecule has 25 heavy (non-hydrogen) atoms. The van der Waals surface area contributed by atoms with Crippen LogP contribution in [0.15, 0.2) is 42.6 Å². The third-order valence-corrected chi connectivity index (χ3v) is 3.88. The number of aromatic nitrogens is 2. The van der Waals surface area contributed by atoms with E-state index in [9.17, 15) is 4.79 Å². The molecule has 0 atom stereocenters. The lowest BCUT2D eigenvalue weighted by Gasteiger charge is -2.11. The lowest BCUT2D eigenvalue weighted by Crippen LogP contribution is -2.08. The van der Waals surface area contributed by atoms with E-state index in [-0.39, 0.29) is 12.4 Å². The Labute approximate surface area is 146 Å². The molecular weight excluding hydrogens is 320 g/mol. The molecule has 2 heterocycles. The van der Waals surface area contributed by atoms with Gasteiger partial charge in [0.1, 0.15) is 5.65 Å². The smallest absolute Gasteiger partial charge is 0.311 e. The molecule has 0 aliphatic heterocycles. The summed E-state index contributed by atoms with van der Waals surface area (Å²) in [6.45, 7) is 2.13. The Morgan fingerprint density at radius 1 is 1.12 bits per heavy atom. The van der Waals surface area contributed by atoms with Crippen molar-refractivity contribution in [2.24, 2.45) is 0 Å². The average Bonchev–Trinajstić information content (AvgIpc) is 2.98. The standard InChI is InChI=1S/C19H20N2O4/c1-4-25-18(22)12-14-19(21-10-6-5-7-17(21)20-14)13-8-9-15(23-2)16(11-13)24-3/h5-11H,4,12H2,1-3H3. The fourth-order valence-corrected chi connectivity index (χ4v) is 2.81. The summed E-state index contributed by atoms with van der Waals surface area (Å²) in [5.41, 5.74) is 3.16. The molecule has 0 saturated heterocycles. The molecule has 3 aromatic rings. The van der Waals surface area contributed by atoms with Crippen molar-refractivity contribution in [2.45, 2.75) is 13.3 Å². The van der Waals surface area contributed by atoms with Crippen molar-refractivity contribution in [3.63, 3.8) is 0 Å². The third kappa shape index (κ3) is 3.28. The molecule has 0 amide bonds. The number of imidazole rings is 1. The molecule has 0 fully saturated rings. The van der Waals surface area contributed by atoms with Gasteiger partial charge < -0.3 is 14.2 Å². The van der Waals surface area contributed by atoms with Crippen LogP contribution < -0.4 is 9.47 Å². The molecule has 0 bridgehead atoms. The van der Waals surface area contributed by atoms with Crippen LogP contribution in [-0.2, 0) is 16.0 Å². The maximum atomic E-state index is 12.0. The fourth-order valence-electron chi connectivity index (χ4n) is 2.81. The highest BCUT2D eigenvalue weighted by molar-refractivity contribution is 5.78. The number of pyridine rings is 1. The number of carbonyl (C=O) groups is 1. The lowest BCUT2D eigenvalue weighted by molar-refractivity contribution is -0.142. The van der Waals surface area contributed by atoms with E-state index in [0.717, 1.165) is 16.9 Å². The largest absolute Gasteiger partial charge is 0.493 e. The van der Waals surface area contributed by atoms with Gasteiger partial charge in [0.2, 0.25) is 0 Å². The lowest BCUT2D eigenvalue weighted by atomic mass is 10.1. The first-order valence-electron chi connectivity index (χ1n) is 8.02. The molecule has 6 heteroatoms. The molecule has 0 aliphatic carbocycles. The van der Waals surface area contributed by atoms with Crippen LogP contribution in [0.2, 0.25) is 0 Å². The van der Waals surface area contributed by atoms with Gasteiger partial charge in [-0.1, -0.05) is 6.07 Å². The van der Waals surface area contributed by atoms with Crippen LogP contribution in [-0.4, -0.2) is 36.2 Å². The molecule has 3 rings (SSSR count). The molecule has 0 N–H and O–H groups in total. The number of benzene rings is 1. The Kier molecular flexibility index (Phi) is 4.88. The van der Waals surface area contributed by atoms with Crippen molar-refractivity contribution in [1.82, 2.24) is 9.38 Å². The van der Waals surface area contributed by atoms with Crippen molar-refractivity contribution >= 4 is 11.6 Å². The van der Waals surface area contributed by atoms with E-state index in [1.165, 1.54) is 0 Å². The third-order valence-electron chi connectivity index (χ3n) is 3.88. The fraction of sp³-hybridized carbons (Fsp3) is 0.263. The van der Waals surface area contributed by atoms with Gasteiger partial charge in [0.15, 0.2) is 11.5 Å². The summed E-state index contributed by atoms with van der Waals surface area (Å²) in [6.07, 6.45) is 2.03. The number of fused-ring (bicyclic) bond motifs is 1. The summed E-state index contributed by atoms with van der Waals surface area (Å²) in [4.78, 5) is 16.6. The van der Waals surface area contributed by atoms with Gasteiger partial charge in [-0.2, -0.15) is 0 Å². The van der Waals surface area contributed by atoms with Crippen LogP contribution in [0.1, 0.15) is 12.6 Å². The highest BCUT2D eigenvalue weighted by atomic mass is 16.5. The van der Waals surface area contributed by atoms with E-state index in [0.29, 0.717) is 23.8 Å². The Bertz CT molecular complexity index is 902. The number of hydrogen-bond donors (Lipinski definition) is 0. The van der Waals surface area contributed by atoms with Crippen molar-refractivity contribution in [3.8, 4) is 22.8 Å². The molecule has 1 aromatic carbocycles. The van der Waals surface area contributed by atoms with Gasteiger partial charge in [-0.3, -0.25) is 9.20 Å². The van der Waals surface area contributed by atoms with Crippen LogP contribution in [0.25, 0.3) is 16.9 Å². The quantitative estimate of drug-likeness (QED) is 0.645. The van der Waals surface area contributed by atoms with Gasteiger partial charge in [0.05, 0.1) is 38.6 Å². The Balaban J connectivity index is 2.15. The van der Waals surface area contributed by atoms with E-state index >= 15 is 0 Å². The van der Waals surface area contributed by atoms with Crippen LogP contribution in [0, 0.1) is 0 Å². The molecule has 0 spiro atoms. The number of hydrogen-bond acceptors (Lipinski definition) is 5. The summed E-state index contributed by atoms with van der Waals surface area (Å²) < 4.78 is 17.7. The highest BCUT2D eigenvalue weighted by Crippen LogP contribution is 2.34. The normalized spacial score (nSPS) is 10.7. The van der Waals surface area contributed by atoms with E-state index in [1.807, 2.05) is 47.0 Å².